The zero-order valence-corrected chi connectivity index (χ0v) is 63.0. The predicted octanol–water partition coefficient (Wildman–Crippen LogP) is 13.3. The van der Waals surface area contributed by atoms with Crippen LogP contribution in [0.2, 0.25) is 20.1 Å². The number of hydrogen-bond acceptors (Lipinski definition) is 24. The summed E-state index contributed by atoms with van der Waals surface area (Å²) in [4.78, 5) is 44.0. The van der Waals surface area contributed by atoms with Crippen molar-refractivity contribution in [3.63, 3.8) is 0 Å². The van der Waals surface area contributed by atoms with Gasteiger partial charge in [-0.1, -0.05) is 117 Å². The smallest absolute Gasteiger partial charge is 0.333 e. The summed E-state index contributed by atoms with van der Waals surface area (Å²) < 4.78 is 32.5. The van der Waals surface area contributed by atoms with Gasteiger partial charge >= 0.3 is 5.97 Å². The maximum atomic E-state index is 13.4. The number of rotatable bonds is 15. The topological polar surface area (TPSA) is 526 Å². The van der Waals surface area contributed by atoms with Gasteiger partial charge in [-0.05, 0) is 120 Å². The Bertz CT molecular complexity index is 5020. The highest BCUT2D eigenvalue weighted by Crippen LogP contribution is 2.53. The molecule has 0 aromatic heterocycles. The van der Waals surface area contributed by atoms with Crippen molar-refractivity contribution in [1.82, 2.24) is 5.32 Å². The molecular formula is C77H78Cl4N8O24. The van der Waals surface area contributed by atoms with Gasteiger partial charge in [0.15, 0.2) is 70.9 Å². The minimum atomic E-state index is -2.44. The Kier molecular flexibility index (Phi) is 24.9. The SMILES string of the molecule is CNC1C(O)=NC2C(O)=NC(C(O)=NC3C(O)=NC4C(O)=NC(C(O)=NC(C(=O)O)c5cc(O)cc(O)c5-c5cc4ccc5O)C(O)c4cc(Cl)c(c(Cl)c4)Oc4cc3cc(c4OC3OC(CO)C(O)C(O)C3N=C(O)CCCCCCCCC(C)C)Oc3ccc(cc3Cl)C2O)c2cc(cc(O)c2Cl)Oc2cc1ccc2O. The van der Waals surface area contributed by atoms with Crippen molar-refractivity contribution in [1.29, 1.82) is 0 Å². The number of carboxylic acid groups (broad SMARTS) is 1. The van der Waals surface area contributed by atoms with Crippen LogP contribution in [0.25, 0.3) is 11.1 Å². The number of aliphatic hydroxyl groups is 12. The molecule has 14 atom stereocenters. The highest BCUT2D eigenvalue weighted by atomic mass is 35.5. The first kappa shape index (κ1) is 81.9. The second-order valence-electron chi connectivity index (χ2n) is 27.7. The van der Waals surface area contributed by atoms with Gasteiger partial charge in [0.2, 0.25) is 47.4 Å². The van der Waals surface area contributed by atoms with E-state index in [1.807, 2.05) is 0 Å². The Morgan fingerprint density at radius 1 is 0.531 bits per heavy atom. The summed E-state index contributed by atoms with van der Waals surface area (Å²) in [6.07, 6.45) is -6.15. The maximum Gasteiger partial charge on any atom is 0.333 e. The largest absolute Gasteiger partial charge is 0.508 e. The number of likely N-dealkylation sites (N-methyl/N-ethyl adjacent to an activating group) is 1. The third kappa shape index (κ3) is 17.5. The van der Waals surface area contributed by atoms with Gasteiger partial charge in [-0.25, -0.2) is 39.7 Å². The lowest BCUT2D eigenvalue weighted by Crippen LogP contribution is -2.59. The molecule has 32 nitrogen and oxygen atoms in total. The molecule has 1 fully saturated rings. The Morgan fingerprint density at radius 2 is 1.12 bits per heavy atom. The molecular weight excluding hydrogens is 1560 g/mol. The molecule has 14 unspecified atom stereocenters. The van der Waals surface area contributed by atoms with E-state index in [0.717, 1.165) is 105 Å². The van der Waals surface area contributed by atoms with Crippen LogP contribution in [0.15, 0.2) is 138 Å². The summed E-state index contributed by atoms with van der Waals surface area (Å²) in [5.41, 5.74) is -3.44. The predicted molar refractivity (Wildman–Crippen MR) is 415 cm³/mol. The van der Waals surface area contributed by atoms with E-state index < -0.39 is 234 Å². The first-order valence-electron chi connectivity index (χ1n) is 35.5. The number of carbonyl (C=O) groups is 1. The third-order valence-electron chi connectivity index (χ3n) is 19.4. The maximum absolute atomic E-state index is 13.4. The summed E-state index contributed by atoms with van der Waals surface area (Å²) in [5, 5.41) is 216. The number of aliphatic carboxylic acids is 1. The van der Waals surface area contributed by atoms with E-state index in [0.29, 0.717) is 18.8 Å². The van der Waals surface area contributed by atoms with Crippen molar-refractivity contribution >= 4 is 93.7 Å². The minimum absolute atomic E-state index is 0.0390. The van der Waals surface area contributed by atoms with Crippen molar-refractivity contribution in [2.24, 2.45) is 40.9 Å². The van der Waals surface area contributed by atoms with Crippen LogP contribution in [0.3, 0.4) is 0 Å². The molecule has 7 heterocycles. The fourth-order valence-corrected chi connectivity index (χ4v) is 14.6. The molecule has 7 aromatic rings. The van der Waals surface area contributed by atoms with Crippen LogP contribution >= 0.6 is 46.4 Å². The van der Waals surface area contributed by atoms with Gasteiger partial charge < -0.3 is 121 Å². The van der Waals surface area contributed by atoms with E-state index in [4.69, 9.17) is 70.1 Å². The van der Waals surface area contributed by atoms with E-state index in [9.17, 15) is 96.7 Å². The summed E-state index contributed by atoms with van der Waals surface area (Å²) in [5.74, 6) is -16.6. The van der Waals surface area contributed by atoms with Crippen LogP contribution < -0.4 is 24.3 Å². The number of nitrogens with one attached hydrogen (secondary N) is 1. The highest BCUT2D eigenvalue weighted by Gasteiger charge is 2.48. The molecule has 0 radical (unpaired) electrons. The van der Waals surface area contributed by atoms with Crippen LogP contribution in [-0.2, 0) is 9.53 Å². The lowest BCUT2D eigenvalue weighted by Gasteiger charge is -2.40. The zero-order valence-electron chi connectivity index (χ0n) is 60.0. The van der Waals surface area contributed by atoms with E-state index in [-0.39, 0.29) is 50.9 Å². The lowest BCUT2D eigenvalue weighted by molar-refractivity contribution is -0.239. The molecule has 19 N–H and O–H groups in total. The van der Waals surface area contributed by atoms with Crippen LogP contribution in [0.5, 0.6) is 69.0 Å². The highest BCUT2D eigenvalue weighted by molar-refractivity contribution is 6.37. The molecule has 7 aromatic carbocycles. The van der Waals surface area contributed by atoms with E-state index in [1.54, 1.807) is 0 Å². The first-order chi connectivity index (χ1) is 53.8. The van der Waals surface area contributed by atoms with Gasteiger partial charge in [-0.3, -0.25) is 0 Å². The van der Waals surface area contributed by atoms with Gasteiger partial charge in [0.1, 0.15) is 77.1 Å². The molecule has 598 valence electrons. The van der Waals surface area contributed by atoms with Crippen LogP contribution in [0.4, 0.5) is 0 Å². The number of phenolic OH excluding ortho intramolecular Hbond substituents is 5. The van der Waals surface area contributed by atoms with Crippen molar-refractivity contribution < 1.29 is 120 Å². The van der Waals surface area contributed by atoms with Gasteiger partial charge in [0.05, 0.1) is 26.7 Å². The molecule has 14 rings (SSSR count). The number of phenols is 5. The second kappa shape index (κ2) is 34.4. The number of aliphatic imine (C=N–C) groups is 7. The normalized spacial score (nSPS) is 24.5. The quantitative estimate of drug-likeness (QED) is 0.0257. The number of unbranched alkanes of at least 4 members (excludes halogenated alkanes) is 5. The third-order valence-corrected chi connectivity index (χ3v) is 20.7. The molecule has 1 saturated heterocycles. The van der Waals surface area contributed by atoms with E-state index in [2.05, 4.69) is 54.1 Å². The monoisotopic (exact) mass is 1640 g/mol. The number of aromatic hydroxyl groups is 5. The van der Waals surface area contributed by atoms with Gasteiger partial charge in [0.25, 0.3) is 0 Å². The zero-order chi connectivity index (χ0) is 81.3. The fourth-order valence-electron chi connectivity index (χ4n) is 13.6. The number of nitrogens with zero attached hydrogens (tertiary/aromatic N) is 7. The van der Waals surface area contributed by atoms with Crippen LogP contribution in [0.1, 0.15) is 147 Å². The van der Waals surface area contributed by atoms with E-state index >= 15 is 0 Å². The van der Waals surface area contributed by atoms with Crippen molar-refractivity contribution in [3.8, 4) is 80.1 Å². The van der Waals surface area contributed by atoms with Gasteiger partial charge in [-0.15, -0.1) is 0 Å². The van der Waals surface area contributed by atoms with Gasteiger partial charge in [0, 0.05) is 40.8 Å². The molecule has 0 amide bonds. The number of benzene rings is 7. The van der Waals surface area contributed by atoms with Crippen molar-refractivity contribution in [3.05, 3.63) is 162 Å². The minimum Gasteiger partial charge on any atom is -0.508 e. The van der Waals surface area contributed by atoms with Crippen molar-refractivity contribution in [2.75, 3.05) is 13.7 Å². The standard InChI is InChI=1S/C77H78Cl4N8O24/c1-30(2)10-8-6-4-5-7-9-11-53(96)83-63-67(100)66(99)52(29-90)112-77(63)113-69-50-23-34-24-51(69)111-68-42(79)20-35(21-43(68)80)65(98)62-75(106)87-60(76(107)108)39-25-36(91)26-46(94)54(39)38-18-31(12-15-44(38)92)57(71(102)89-62)84-72(103)58(34)85-73(104)59-40-27-37(28-47(95)55(40)81)109-49-22-32(13-16-45(49)93)56(82-3)70(101)88-61(74(105)86-59)64(97)33-14-17-48(110-50)41(78)19-33/h12-28,30,52,56-67,77,82,90-95,97-100H,4-11,29H2,1-3H3,(H,83,96)(H,84,103)(H,85,104)(H,86,105)(H,87,106)(H,88,101)(H,89,102)(H,107,108). The van der Waals surface area contributed by atoms with Crippen LogP contribution in [0, 0.1) is 5.92 Å². The average Bonchev–Trinajstić information content (AvgIpc) is 0.765. The van der Waals surface area contributed by atoms with Crippen molar-refractivity contribution in [2.45, 2.75) is 150 Å². The molecule has 36 heteroatoms. The number of halogens is 4. The summed E-state index contributed by atoms with van der Waals surface area (Å²) in [6.45, 7) is 3.33. The molecule has 0 saturated carbocycles. The number of fused-ring (bicyclic) bond motifs is 12. The first-order valence-corrected chi connectivity index (χ1v) is 37.0. The summed E-state index contributed by atoms with van der Waals surface area (Å²) >= 11 is 28.5. The summed E-state index contributed by atoms with van der Waals surface area (Å²) in [7, 11) is 1.41. The molecule has 7 aliphatic heterocycles. The number of ether oxygens (including phenoxy) is 5. The number of hydrogen-bond donors (Lipinski definition) is 19. The summed E-state index contributed by atoms with van der Waals surface area (Å²) in [6, 6.07) is 1.15. The molecule has 0 spiro atoms. The number of aliphatic hydroxyl groups excluding tert-OH is 12. The average molecular weight is 1640 g/mol. The fraction of sp³-hybridized carbons (Fsp3) is 0.351. The molecule has 17 bridgehead atoms. The Morgan fingerprint density at radius 3 is 1.79 bits per heavy atom. The Hall–Kier alpha value is -10.6. The lowest BCUT2D eigenvalue weighted by atomic mass is 9.90. The molecule has 113 heavy (non-hydrogen) atoms. The molecule has 7 aliphatic rings. The number of carboxylic acids is 1. The van der Waals surface area contributed by atoms with Gasteiger partial charge in [-0.2, -0.15) is 0 Å². The Labute approximate surface area is 663 Å². The van der Waals surface area contributed by atoms with E-state index in [1.165, 1.54) is 37.4 Å². The Balaban J connectivity index is 1.17. The van der Waals surface area contributed by atoms with Crippen LogP contribution in [-0.4, -0.2) is 196 Å². The second-order valence-corrected chi connectivity index (χ2v) is 29.3. The molecule has 0 aliphatic carbocycles.